The molecular weight excluding hydrogens is 248 g/mol. The lowest BCUT2D eigenvalue weighted by Gasteiger charge is -2.19. The van der Waals surface area contributed by atoms with Crippen LogP contribution in [0.15, 0.2) is 11.7 Å². The van der Waals surface area contributed by atoms with E-state index < -0.39 is 0 Å². The molecule has 98 valence electrons. The quantitative estimate of drug-likeness (QED) is 0.743. The van der Waals surface area contributed by atoms with Crippen molar-refractivity contribution < 1.29 is 0 Å². The predicted octanol–water partition coefficient (Wildman–Crippen LogP) is 3.59. The van der Waals surface area contributed by atoms with Gasteiger partial charge in [0, 0.05) is 28.1 Å². The van der Waals surface area contributed by atoms with Crippen molar-refractivity contribution >= 4 is 23.1 Å². The zero-order chi connectivity index (χ0) is 12.5. The van der Waals surface area contributed by atoms with E-state index in [1.165, 1.54) is 23.5 Å². The first-order valence-electron chi connectivity index (χ1n) is 6.48. The molecule has 0 saturated heterocycles. The summed E-state index contributed by atoms with van der Waals surface area (Å²) in [4.78, 5) is 5.54. The summed E-state index contributed by atoms with van der Waals surface area (Å²) in [6.45, 7) is 7.91. The molecule has 1 heterocycles. The van der Waals surface area contributed by atoms with E-state index in [1.807, 2.05) is 11.7 Å². The van der Waals surface area contributed by atoms with Crippen LogP contribution in [0.2, 0.25) is 0 Å². The van der Waals surface area contributed by atoms with E-state index >= 15 is 0 Å². The molecule has 0 aliphatic carbocycles. The summed E-state index contributed by atoms with van der Waals surface area (Å²) in [5, 5.41) is 4.41. The molecule has 1 aromatic rings. The first-order valence-corrected chi connectivity index (χ1v) is 8.41. The van der Waals surface area contributed by atoms with Crippen LogP contribution in [0.1, 0.15) is 38.5 Å². The van der Waals surface area contributed by atoms with Crippen LogP contribution in [0.3, 0.4) is 0 Å². The van der Waals surface area contributed by atoms with Crippen LogP contribution < -0.4 is 5.32 Å². The Bertz CT molecular complexity index is 275. The highest BCUT2D eigenvalue weighted by Crippen LogP contribution is 2.17. The van der Waals surface area contributed by atoms with Crippen molar-refractivity contribution in [3.8, 4) is 0 Å². The van der Waals surface area contributed by atoms with Crippen molar-refractivity contribution in [3.63, 3.8) is 0 Å². The molecule has 1 rings (SSSR count). The van der Waals surface area contributed by atoms with E-state index in [1.54, 1.807) is 11.3 Å². The van der Waals surface area contributed by atoms with E-state index in [-0.39, 0.29) is 0 Å². The monoisotopic (exact) mass is 272 g/mol. The fraction of sp³-hybridized carbons (Fsp3) is 0.769. The zero-order valence-corrected chi connectivity index (χ0v) is 12.7. The Morgan fingerprint density at radius 2 is 2.29 bits per heavy atom. The second kappa shape index (κ2) is 8.95. The van der Waals surface area contributed by atoms with Crippen LogP contribution >= 0.6 is 23.1 Å². The number of rotatable bonds is 9. The minimum Gasteiger partial charge on any atom is -0.313 e. The van der Waals surface area contributed by atoms with Gasteiger partial charge in [-0.1, -0.05) is 20.8 Å². The van der Waals surface area contributed by atoms with Crippen LogP contribution in [0.4, 0.5) is 0 Å². The first-order chi connectivity index (χ1) is 8.26. The largest absolute Gasteiger partial charge is 0.313 e. The number of thiazole rings is 1. The van der Waals surface area contributed by atoms with Crippen LogP contribution in [-0.2, 0) is 6.42 Å². The van der Waals surface area contributed by atoms with Crippen LogP contribution in [0, 0.1) is 0 Å². The molecule has 2 atom stereocenters. The normalized spacial score (nSPS) is 14.8. The summed E-state index contributed by atoms with van der Waals surface area (Å²) < 4.78 is 0. The highest BCUT2D eigenvalue weighted by molar-refractivity contribution is 7.99. The van der Waals surface area contributed by atoms with Gasteiger partial charge in [-0.2, -0.15) is 11.8 Å². The van der Waals surface area contributed by atoms with Crippen molar-refractivity contribution in [2.45, 2.75) is 51.3 Å². The van der Waals surface area contributed by atoms with Gasteiger partial charge in [-0.05, 0) is 25.8 Å². The second-order valence-corrected chi connectivity index (χ2v) is 6.82. The maximum Gasteiger partial charge on any atom is 0.0794 e. The van der Waals surface area contributed by atoms with Gasteiger partial charge in [0.2, 0.25) is 0 Å². The Morgan fingerprint density at radius 3 is 2.88 bits per heavy atom. The predicted molar refractivity (Wildman–Crippen MR) is 80.1 cm³/mol. The molecule has 0 aliphatic heterocycles. The molecule has 2 nitrogen and oxygen atoms in total. The van der Waals surface area contributed by atoms with E-state index in [2.05, 4.69) is 42.8 Å². The summed E-state index contributed by atoms with van der Waals surface area (Å²) in [7, 11) is 0. The minimum atomic E-state index is 0.592. The van der Waals surface area contributed by atoms with E-state index in [0.29, 0.717) is 6.04 Å². The molecule has 0 aromatic carbocycles. The summed E-state index contributed by atoms with van der Waals surface area (Å²) in [5.41, 5.74) is 1.92. The summed E-state index contributed by atoms with van der Waals surface area (Å²) in [5.74, 6) is 1.20. The average molecular weight is 272 g/mol. The van der Waals surface area contributed by atoms with Crippen LogP contribution in [0.25, 0.3) is 0 Å². The van der Waals surface area contributed by atoms with Crippen molar-refractivity contribution in [2.75, 3.05) is 12.3 Å². The molecule has 0 bridgehead atoms. The molecule has 0 spiro atoms. The number of hydrogen-bond donors (Lipinski definition) is 1. The SMILES string of the molecule is CCCNC(CSC(C)CC)Cc1cncs1. The van der Waals surface area contributed by atoms with E-state index in [0.717, 1.165) is 18.2 Å². The Kier molecular flexibility index (Phi) is 7.90. The van der Waals surface area contributed by atoms with E-state index in [9.17, 15) is 0 Å². The lowest BCUT2D eigenvalue weighted by Crippen LogP contribution is -2.34. The van der Waals surface area contributed by atoms with Crippen molar-refractivity contribution in [1.82, 2.24) is 10.3 Å². The summed E-state index contributed by atoms with van der Waals surface area (Å²) >= 11 is 3.84. The lowest BCUT2D eigenvalue weighted by atomic mass is 10.2. The molecule has 0 radical (unpaired) electrons. The number of thioether (sulfide) groups is 1. The van der Waals surface area contributed by atoms with Crippen LogP contribution in [-0.4, -0.2) is 28.6 Å². The van der Waals surface area contributed by atoms with Gasteiger partial charge in [-0.3, -0.25) is 4.98 Å². The molecular formula is C13H24N2S2. The molecule has 17 heavy (non-hydrogen) atoms. The van der Waals surface area contributed by atoms with Gasteiger partial charge in [-0.15, -0.1) is 11.3 Å². The summed E-state index contributed by atoms with van der Waals surface area (Å²) in [6.07, 6.45) is 5.58. The van der Waals surface area contributed by atoms with Gasteiger partial charge in [0.15, 0.2) is 0 Å². The Hall–Kier alpha value is -0.0600. The number of hydrogen-bond acceptors (Lipinski definition) is 4. The maximum absolute atomic E-state index is 4.15. The van der Waals surface area contributed by atoms with Gasteiger partial charge in [0.05, 0.1) is 5.51 Å². The van der Waals surface area contributed by atoms with Gasteiger partial charge >= 0.3 is 0 Å². The molecule has 2 unspecified atom stereocenters. The third kappa shape index (κ3) is 6.43. The molecule has 0 saturated carbocycles. The molecule has 0 amide bonds. The van der Waals surface area contributed by atoms with Gasteiger partial charge < -0.3 is 5.32 Å². The highest BCUT2D eigenvalue weighted by atomic mass is 32.2. The lowest BCUT2D eigenvalue weighted by molar-refractivity contribution is 0.552. The Labute approximate surface area is 114 Å². The van der Waals surface area contributed by atoms with Crippen molar-refractivity contribution in [1.29, 1.82) is 0 Å². The van der Waals surface area contributed by atoms with Gasteiger partial charge in [-0.25, -0.2) is 0 Å². The topological polar surface area (TPSA) is 24.9 Å². The van der Waals surface area contributed by atoms with Gasteiger partial charge in [0.25, 0.3) is 0 Å². The molecule has 0 aliphatic rings. The molecule has 1 aromatic heterocycles. The average Bonchev–Trinajstić information content (AvgIpc) is 2.84. The number of nitrogens with one attached hydrogen (secondary N) is 1. The fourth-order valence-corrected chi connectivity index (χ4v) is 3.23. The smallest absolute Gasteiger partial charge is 0.0794 e. The fourth-order valence-electron chi connectivity index (χ4n) is 1.52. The van der Waals surface area contributed by atoms with Gasteiger partial charge in [0.1, 0.15) is 0 Å². The third-order valence-electron chi connectivity index (χ3n) is 2.77. The number of aromatic nitrogens is 1. The van der Waals surface area contributed by atoms with Crippen molar-refractivity contribution in [2.24, 2.45) is 0 Å². The van der Waals surface area contributed by atoms with Crippen LogP contribution in [0.5, 0.6) is 0 Å². The molecule has 0 fully saturated rings. The standard InChI is InChI=1S/C13H24N2S2/c1-4-6-15-12(9-16-11(3)5-2)7-13-8-14-10-17-13/h8,10-12,15H,4-7,9H2,1-3H3. The Balaban J connectivity index is 2.37. The second-order valence-electron chi connectivity index (χ2n) is 4.38. The molecule has 1 N–H and O–H groups in total. The first kappa shape index (κ1) is 15.0. The maximum atomic E-state index is 4.15. The Morgan fingerprint density at radius 1 is 1.47 bits per heavy atom. The summed E-state index contributed by atoms with van der Waals surface area (Å²) in [6, 6.07) is 0.592. The van der Waals surface area contributed by atoms with Crippen molar-refractivity contribution in [3.05, 3.63) is 16.6 Å². The van der Waals surface area contributed by atoms with E-state index in [4.69, 9.17) is 0 Å². The zero-order valence-electron chi connectivity index (χ0n) is 11.1. The molecule has 4 heteroatoms. The number of nitrogens with zero attached hydrogens (tertiary/aromatic N) is 1. The highest BCUT2D eigenvalue weighted by Gasteiger charge is 2.11. The third-order valence-corrected chi connectivity index (χ3v) is 5.07. The minimum absolute atomic E-state index is 0.592.